The first-order chi connectivity index (χ1) is 6.81. The highest BCUT2D eigenvalue weighted by atomic mass is 16.6. The molecule has 1 aromatic heterocycles. The maximum absolute atomic E-state index is 9.26. The molecule has 1 atom stereocenters. The van der Waals surface area contributed by atoms with Crippen LogP contribution >= 0.6 is 0 Å². The minimum Gasteiger partial charge on any atom is -0.485 e. The zero-order valence-electron chi connectivity index (χ0n) is 7.69. The van der Waals surface area contributed by atoms with E-state index in [4.69, 9.17) is 14.6 Å². The summed E-state index contributed by atoms with van der Waals surface area (Å²) in [5.74, 6) is 1.33. The molecule has 0 spiro atoms. The second kappa shape index (κ2) is 3.89. The van der Waals surface area contributed by atoms with E-state index < -0.39 is 6.10 Å². The lowest BCUT2D eigenvalue weighted by Crippen LogP contribution is -2.18. The summed E-state index contributed by atoms with van der Waals surface area (Å²) in [6.45, 7) is 0.814. The van der Waals surface area contributed by atoms with Crippen molar-refractivity contribution in [1.82, 2.24) is 4.98 Å². The number of nitrogens with one attached hydrogen (secondary N) is 1. The van der Waals surface area contributed by atoms with Crippen LogP contribution in [-0.4, -0.2) is 41.1 Å². The Kier molecular flexibility index (Phi) is 2.60. The van der Waals surface area contributed by atoms with Crippen LogP contribution in [0, 0.1) is 0 Å². The summed E-state index contributed by atoms with van der Waals surface area (Å²) in [5, 5.41) is 18.0. The number of ether oxygens (including phenoxy) is 2. The van der Waals surface area contributed by atoms with Gasteiger partial charge in [0.25, 0.3) is 0 Å². The monoisotopic (exact) mass is 199 g/mol. The number of fused-ring (bicyclic) bond motifs is 1. The van der Waals surface area contributed by atoms with Gasteiger partial charge in [0.2, 0.25) is 0 Å². The molecule has 14 heavy (non-hydrogen) atoms. The Labute approximate surface area is 81.3 Å². The molecule has 1 aliphatic heterocycles. The SMILES string of the molecule is OCC(O)Cc1[nH]cc2c1OCCO2. The molecule has 78 valence electrons. The minimum absolute atomic E-state index is 0.255. The lowest BCUT2D eigenvalue weighted by Gasteiger charge is -2.16. The first-order valence-corrected chi connectivity index (χ1v) is 4.56. The first-order valence-electron chi connectivity index (χ1n) is 4.56. The molecular weight excluding hydrogens is 186 g/mol. The lowest BCUT2D eigenvalue weighted by atomic mass is 10.2. The molecule has 0 amide bonds. The van der Waals surface area contributed by atoms with Crippen LogP contribution in [0.1, 0.15) is 5.69 Å². The van der Waals surface area contributed by atoms with Gasteiger partial charge in [0.15, 0.2) is 11.5 Å². The van der Waals surface area contributed by atoms with Crippen molar-refractivity contribution in [2.45, 2.75) is 12.5 Å². The van der Waals surface area contributed by atoms with Crippen molar-refractivity contribution in [2.75, 3.05) is 19.8 Å². The van der Waals surface area contributed by atoms with Crippen LogP contribution in [0.15, 0.2) is 6.20 Å². The standard InChI is InChI=1S/C9H13NO4/c11-5-6(12)3-7-9-8(4-10-7)13-1-2-14-9/h4,6,10-12H,1-3,5H2. The van der Waals surface area contributed by atoms with Gasteiger partial charge < -0.3 is 24.7 Å². The Bertz CT molecular complexity index is 310. The smallest absolute Gasteiger partial charge is 0.182 e. The van der Waals surface area contributed by atoms with Crippen LogP contribution in [0.25, 0.3) is 0 Å². The summed E-state index contributed by atoms with van der Waals surface area (Å²) in [7, 11) is 0. The Morgan fingerprint density at radius 3 is 3.00 bits per heavy atom. The summed E-state index contributed by atoms with van der Waals surface area (Å²) >= 11 is 0. The average molecular weight is 199 g/mol. The van der Waals surface area contributed by atoms with Crippen molar-refractivity contribution in [3.8, 4) is 11.5 Å². The summed E-state index contributed by atoms with van der Waals surface area (Å²) in [5.41, 5.74) is 0.765. The van der Waals surface area contributed by atoms with Crippen molar-refractivity contribution in [3.05, 3.63) is 11.9 Å². The zero-order valence-corrected chi connectivity index (χ0v) is 7.69. The highest BCUT2D eigenvalue weighted by molar-refractivity contribution is 5.44. The van der Waals surface area contributed by atoms with Gasteiger partial charge in [-0.05, 0) is 0 Å². The molecule has 0 saturated carbocycles. The van der Waals surface area contributed by atoms with Crippen molar-refractivity contribution in [3.63, 3.8) is 0 Å². The van der Waals surface area contributed by atoms with E-state index in [9.17, 15) is 5.11 Å². The second-order valence-corrected chi connectivity index (χ2v) is 3.20. The minimum atomic E-state index is -0.761. The van der Waals surface area contributed by atoms with Crippen LogP contribution in [0.4, 0.5) is 0 Å². The molecule has 2 heterocycles. The molecule has 0 fully saturated rings. The Morgan fingerprint density at radius 1 is 1.43 bits per heavy atom. The molecule has 1 aromatic rings. The molecular formula is C9H13NO4. The highest BCUT2D eigenvalue weighted by Crippen LogP contribution is 2.34. The van der Waals surface area contributed by atoms with Gasteiger partial charge in [-0.15, -0.1) is 0 Å². The molecule has 0 aromatic carbocycles. The number of hydrogen-bond acceptors (Lipinski definition) is 4. The normalized spacial score (nSPS) is 16.7. The van der Waals surface area contributed by atoms with Gasteiger partial charge in [-0.2, -0.15) is 0 Å². The van der Waals surface area contributed by atoms with E-state index in [-0.39, 0.29) is 6.61 Å². The van der Waals surface area contributed by atoms with E-state index in [1.54, 1.807) is 6.20 Å². The third kappa shape index (κ3) is 1.69. The molecule has 5 heteroatoms. The number of hydrogen-bond donors (Lipinski definition) is 3. The number of aromatic amines is 1. The van der Waals surface area contributed by atoms with E-state index >= 15 is 0 Å². The van der Waals surface area contributed by atoms with Crippen molar-refractivity contribution >= 4 is 0 Å². The van der Waals surface area contributed by atoms with Crippen molar-refractivity contribution in [2.24, 2.45) is 0 Å². The van der Waals surface area contributed by atoms with Gasteiger partial charge in [0.1, 0.15) is 13.2 Å². The van der Waals surface area contributed by atoms with Gasteiger partial charge >= 0.3 is 0 Å². The molecule has 1 unspecified atom stereocenters. The van der Waals surface area contributed by atoms with Gasteiger partial charge in [0, 0.05) is 12.6 Å². The Balaban J connectivity index is 2.14. The van der Waals surface area contributed by atoms with E-state index in [2.05, 4.69) is 4.98 Å². The molecule has 5 nitrogen and oxygen atoms in total. The number of H-pyrrole nitrogens is 1. The molecule has 0 aliphatic carbocycles. The number of aliphatic hydroxyl groups excluding tert-OH is 2. The molecule has 0 radical (unpaired) electrons. The summed E-state index contributed by atoms with van der Waals surface area (Å²) in [6.07, 6.45) is 1.28. The van der Waals surface area contributed by atoms with Gasteiger partial charge in [-0.3, -0.25) is 0 Å². The van der Waals surface area contributed by atoms with Crippen LogP contribution in [0.3, 0.4) is 0 Å². The van der Waals surface area contributed by atoms with E-state index in [0.717, 1.165) is 5.69 Å². The largest absolute Gasteiger partial charge is 0.485 e. The molecule has 0 saturated heterocycles. The fourth-order valence-electron chi connectivity index (χ4n) is 1.45. The van der Waals surface area contributed by atoms with E-state index in [0.29, 0.717) is 31.1 Å². The Morgan fingerprint density at radius 2 is 2.21 bits per heavy atom. The highest BCUT2D eigenvalue weighted by Gasteiger charge is 2.19. The molecule has 0 bridgehead atoms. The third-order valence-electron chi connectivity index (χ3n) is 2.11. The third-order valence-corrected chi connectivity index (χ3v) is 2.11. The zero-order chi connectivity index (χ0) is 9.97. The van der Waals surface area contributed by atoms with Gasteiger partial charge in [-0.1, -0.05) is 0 Å². The predicted octanol–water partition coefficient (Wildman–Crippen LogP) is -0.318. The maximum Gasteiger partial charge on any atom is 0.182 e. The van der Waals surface area contributed by atoms with Crippen molar-refractivity contribution < 1.29 is 19.7 Å². The summed E-state index contributed by atoms with van der Waals surface area (Å²) < 4.78 is 10.7. The molecule has 2 rings (SSSR count). The van der Waals surface area contributed by atoms with Gasteiger partial charge in [0.05, 0.1) is 18.4 Å². The fraction of sp³-hybridized carbons (Fsp3) is 0.556. The average Bonchev–Trinajstić information content (AvgIpc) is 2.62. The maximum atomic E-state index is 9.26. The molecule has 3 N–H and O–H groups in total. The molecule has 1 aliphatic rings. The quantitative estimate of drug-likeness (QED) is 0.623. The predicted molar refractivity (Wildman–Crippen MR) is 48.6 cm³/mol. The number of aromatic nitrogens is 1. The summed E-state index contributed by atoms with van der Waals surface area (Å²) in [4.78, 5) is 2.96. The van der Waals surface area contributed by atoms with Crippen LogP contribution in [0.5, 0.6) is 11.5 Å². The van der Waals surface area contributed by atoms with E-state index in [1.165, 1.54) is 0 Å². The Hall–Kier alpha value is -1.20. The van der Waals surface area contributed by atoms with Gasteiger partial charge in [-0.25, -0.2) is 0 Å². The topological polar surface area (TPSA) is 74.7 Å². The lowest BCUT2D eigenvalue weighted by molar-refractivity contribution is 0.0933. The first kappa shape index (κ1) is 9.36. The van der Waals surface area contributed by atoms with Crippen LogP contribution in [-0.2, 0) is 6.42 Å². The summed E-state index contributed by atoms with van der Waals surface area (Å²) in [6, 6.07) is 0. The fourth-order valence-corrected chi connectivity index (χ4v) is 1.45. The number of aliphatic hydroxyl groups is 2. The van der Waals surface area contributed by atoms with Crippen molar-refractivity contribution in [1.29, 1.82) is 0 Å². The van der Waals surface area contributed by atoms with Crippen LogP contribution < -0.4 is 9.47 Å². The van der Waals surface area contributed by atoms with E-state index in [1.807, 2.05) is 0 Å². The second-order valence-electron chi connectivity index (χ2n) is 3.20. The number of rotatable bonds is 3. The van der Waals surface area contributed by atoms with Crippen LogP contribution in [0.2, 0.25) is 0 Å².